The van der Waals surface area contributed by atoms with E-state index in [9.17, 15) is 4.79 Å². The number of hydrogen-bond donors (Lipinski definition) is 1. The summed E-state index contributed by atoms with van der Waals surface area (Å²) >= 11 is 5.04. The minimum atomic E-state index is -0.0927. The summed E-state index contributed by atoms with van der Waals surface area (Å²) in [6.45, 7) is 5.45. The van der Waals surface area contributed by atoms with E-state index in [1.165, 1.54) is 9.56 Å². The number of nitrogens with zero attached hydrogens (tertiary/aromatic N) is 2. The molecule has 0 radical (unpaired) electrons. The summed E-state index contributed by atoms with van der Waals surface area (Å²) in [6, 6.07) is 4.06. The van der Waals surface area contributed by atoms with Gasteiger partial charge in [0.15, 0.2) is 0 Å². The predicted octanol–water partition coefficient (Wildman–Crippen LogP) is 3.34. The third-order valence-electron chi connectivity index (χ3n) is 2.56. The first-order valence-electron chi connectivity index (χ1n) is 6.10. The summed E-state index contributed by atoms with van der Waals surface area (Å²) in [7, 11) is 0. The maximum Gasteiger partial charge on any atom is 0.283 e. The summed E-state index contributed by atoms with van der Waals surface area (Å²) in [5, 5.41) is 9.45. The molecule has 0 saturated heterocycles. The Bertz CT molecular complexity index is 592. The molecule has 0 aliphatic heterocycles. The molecule has 4 nitrogen and oxygen atoms in total. The number of nitrogens with one attached hydrogen (secondary N) is 1. The highest BCUT2D eigenvalue weighted by atomic mass is 79.9. The second kappa shape index (κ2) is 6.34. The van der Waals surface area contributed by atoms with Gasteiger partial charge in [0.05, 0.1) is 11.9 Å². The number of hydrogen-bond acceptors (Lipinski definition) is 4. The smallest absolute Gasteiger partial charge is 0.283 e. The second-order valence-corrected chi connectivity index (χ2v) is 6.51. The van der Waals surface area contributed by atoms with Crippen molar-refractivity contribution in [1.29, 1.82) is 0 Å². The molecule has 0 saturated carbocycles. The third-order valence-corrected chi connectivity index (χ3v) is 4.20. The number of halogens is 1. The van der Waals surface area contributed by atoms with Crippen LogP contribution in [-0.2, 0) is 13.1 Å². The fourth-order valence-corrected chi connectivity index (χ4v) is 2.75. The molecule has 1 N–H and O–H groups in total. The monoisotopic (exact) mass is 341 g/mol. The van der Waals surface area contributed by atoms with Gasteiger partial charge in [-0.1, -0.05) is 19.9 Å². The molecular formula is C13H16BrN3OS. The van der Waals surface area contributed by atoms with Crippen LogP contribution in [0, 0.1) is 5.92 Å². The molecule has 0 aromatic carbocycles. The van der Waals surface area contributed by atoms with Gasteiger partial charge in [0, 0.05) is 18.0 Å². The van der Waals surface area contributed by atoms with Crippen LogP contribution in [-0.4, -0.2) is 9.78 Å². The summed E-state index contributed by atoms with van der Waals surface area (Å²) in [6.07, 6.45) is 1.70. The molecule has 2 rings (SSSR count). The molecule has 102 valence electrons. The summed E-state index contributed by atoms with van der Waals surface area (Å²) in [5.74, 6) is 0.391. The van der Waals surface area contributed by atoms with E-state index in [-0.39, 0.29) is 5.56 Å². The van der Waals surface area contributed by atoms with Gasteiger partial charge in [-0.15, -0.1) is 11.3 Å². The van der Waals surface area contributed by atoms with E-state index in [0.717, 1.165) is 5.69 Å². The van der Waals surface area contributed by atoms with Crippen molar-refractivity contribution in [1.82, 2.24) is 9.78 Å². The van der Waals surface area contributed by atoms with Gasteiger partial charge in [-0.25, -0.2) is 4.68 Å². The lowest BCUT2D eigenvalue weighted by Gasteiger charge is -2.11. The Morgan fingerprint density at radius 2 is 2.32 bits per heavy atom. The largest absolute Gasteiger partial charge is 0.378 e. The average Bonchev–Trinajstić information content (AvgIpc) is 2.87. The number of thiophene rings is 1. The van der Waals surface area contributed by atoms with Crippen LogP contribution in [0.1, 0.15) is 18.7 Å². The summed E-state index contributed by atoms with van der Waals surface area (Å²) < 4.78 is 2.03. The van der Waals surface area contributed by atoms with Crippen molar-refractivity contribution in [3.63, 3.8) is 0 Å². The Kier molecular flexibility index (Phi) is 4.76. The van der Waals surface area contributed by atoms with Crippen molar-refractivity contribution < 1.29 is 0 Å². The molecule has 0 bridgehead atoms. The Morgan fingerprint density at radius 3 is 2.95 bits per heavy atom. The third kappa shape index (κ3) is 3.67. The van der Waals surface area contributed by atoms with Crippen LogP contribution >= 0.6 is 27.3 Å². The van der Waals surface area contributed by atoms with Crippen molar-refractivity contribution in [2.45, 2.75) is 26.9 Å². The molecule has 19 heavy (non-hydrogen) atoms. The van der Waals surface area contributed by atoms with E-state index >= 15 is 0 Å². The molecule has 0 fully saturated rings. The topological polar surface area (TPSA) is 46.9 Å². The van der Waals surface area contributed by atoms with Gasteiger partial charge in [-0.05, 0) is 33.3 Å². The van der Waals surface area contributed by atoms with E-state index in [1.54, 1.807) is 17.5 Å². The highest BCUT2D eigenvalue weighted by molar-refractivity contribution is 9.10. The van der Waals surface area contributed by atoms with Crippen LogP contribution in [0.25, 0.3) is 0 Å². The van der Waals surface area contributed by atoms with E-state index in [4.69, 9.17) is 0 Å². The molecule has 0 atom stereocenters. The van der Waals surface area contributed by atoms with Gasteiger partial charge in [0.2, 0.25) is 0 Å². The Morgan fingerprint density at radius 1 is 1.53 bits per heavy atom. The molecule has 2 heterocycles. The zero-order chi connectivity index (χ0) is 13.8. The van der Waals surface area contributed by atoms with Crippen LogP contribution in [0.3, 0.4) is 0 Å². The predicted molar refractivity (Wildman–Crippen MR) is 82.7 cm³/mol. The Balaban J connectivity index is 2.14. The first-order valence-corrected chi connectivity index (χ1v) is 7.77. The lowest BCUT2D eigenvalue weighted by molar-refractivity contribution is 0.462. The van der Waals surface area contributed by atoms with Crippen molar-refractivity contribution in [3.05, 3.63) is 43.4 Å². The maximum absolute atomic E-state index is 12.1. The van der Waals surface area contributed by atoms with Crippen LogP contribution in [0.2, 0.25) is 0 Å². The van der Waals surface area contributed by atoms with Crippen LogP contribution < -0.4 is 10.9 Å². The van der Waals surface area contributed by atoms with Gasteiger partial charge in [0.1, 0.15) is 4.47 Å². The molecule has 0 spiro atoms. The quantitative estimate of drug-likeness (QED) is 0.907. The van der Waals surface area contributed by atoms with Gasteiger partial charge in [0.25, 0.3) is 5.56 Å². The number of anilines is 1. The minimum Gasteiger partial charge on any atom is -0.378 e. The fraction of sp³-hybridized carbons (Fsp3) is 0.385. The first-order chi connectivity index (χ1) is 9.08. The fourth-order valence-electron chi connectivity index (χ4n) is 1.66. The Hall–Kier alpha value is -1.14. The highest BCUT2D eigenvalue weighted by Gasteiger charge is 2.09. The Labute approximate surface area is 124 Å². The maximum atomic E-state index is 12.1. The zero-order valence-corrected chi connectivity index (χ0v) is 13.3. The second-order valence-electron chi connectivity index (χ2n) is 4.69. The van der Waals surface area contributed by atoms with Gasteiger partial charge < -0.3 is 5.32 Å². The molecule has 6 heteroatoms. The SMILES string of the molecule is CC(C)Cn1ncc(NCc2cccs2)c(Br)c1=O. The molecule has 2 aromatic heterocycles. The van der Waals surface area contributed by atoms with Crippen LogP contribution in [0.5, 0.6) is 0 Å². The normalized spacial score (nSPS) is 10.9. The van der Waals surface area contributed by atoms with Crippen molar-refractivity contribution >= 4 is 33.0 Å². The van der Waals surface area contributed by atoms with Crippen molar-refractivity contribution in [2.24, 2.45) is 5.92 Å². The number of aromatic nitrogens is 2. The first kappa shape index (κ1) is 14.3. The zero-order valence-electron chi connectivity index (χ0n) is 10.9. The molecule has 2 aromatic rings. The van der Waals surface area contributed by atoms with E-state index in [1.807, 2.05) is 11.4 Å². The molecule has 0 unspecified atom stereocenters. The summed E-state index contributed by atoms with van der Waals surface area (Å²) in [4.78, 5) is 13.3. The number of rotatable bonds is 5. The average molecular weight is 342 g/mol. The van der Waals surface area contributed by atoms with Crippen molar-refractivity contribution in [3.8, 4) is 0 Å². The lowest BCUT2D eigenvalue weighted by atomic mass is 10.2. The lowest BCUT2D eigenvalue weighted by Crippen LogP contribution is -2.26. The van der Waals surface area contributed by atoms with E-state index in [2.05, 4.69) is 46.3 Å². The molecular weight excluding hydrogens is 326 g/mol. The molecule has 0 aliphatic carbocycles. The van der Waals surface area contributed by atoms with Crippen LogP contribution in [0.4, 0.5) is 5.69 Å². The standard InChI is InChI=1S/C13H16BrN3OS/c1-9(2)8-17-13(18)12(14)11(7-16-17)15-6-10-4-3-5-19-10/h3-5,7,9,15H,6,8H2,1-2H3. The van der Waals surface area contributed by atoms with Gasteiger partial charge in [-0.3, -0.25) is 4.79 Å². The van der Waals surface area contributed by atoms with Crippen LogP contribution in [0.15, 0.2) is 33.0 Å². The van der Waals surface area contributed by atoms with E-state index in [0.29, 0.717) is 23.5 Å². The van der Waals surface area contributed by atoms with Gasteiger partial charge >= 0.3 is 0 Å². The van der Waals surface area contributed by atoms with Crippen molar-refractivity contribution in [2.75, 3.05) is 5.32 Å². The van der Waals surface area contributed by atoms with Gasteiger partial charge in [-0.2, -0.15) is 5.10 Å². The highest BCUT2D eigenvalue weighted by Crippen LogP contribution is 2.18. The molecule has 0 amide bonds. The molecule has 0 aliphatic rings. The minimum absolute atomic E-state index is 0.0927. The summed E-state index contributed by atoms with van der Waals surface area (Å²) in [5.41, 5.74) is 0.642. The van der Waals surface area contributed by atoms with E-state index < -0.39 is 0 Å².